The summed E-state index contributed by atoms with van der Waals surface area (Å²) in [5.41, 5.74) is 0.107. The summed E-state index contributed by atoms with van der Waals surface area (Å²) < 4.78 is 11.6. The molecule has 2 heterocycles. The Labute approximate surface area is 143 Å². The van der Waals surface area contributed by atoms with Crippen molar-refractivity contribution < 1.29 is 14.3 Å². The Hall–Kier alpha value is -3.42. The van der Waals surface area contributed by atoms with Gasteiger partial charge in [-0.3, -0.25) is 14.6 Å². The molecule has 0 aliphatic carbocycles. The summed E-state index contributed by atoms with van der Waals surface area (Å²) in [6, 6.07) is 6.81. The Morgan fingerprint density at radius 1 is 1.20 bits per heavy atom. The fourth-order valence-electron chi connectivity index (χ4n) is 2.47. The normalized spacial score (nSPS) is 10.5. The van der Waals surface area contributed by atoms with Crippen molar-refractivity contribution in [3.05, 3.63) is 53.2 Å². The summed E-state index contributed by atoms with van der Waals surface area (Å²) in [6.45, 7) is -0.232. The number of amides is 1. The molecule has 0 bridgehead atoms. The minimum absolute atomic E-state index is 0.232. The van der Waals surface area contributed by atoms with Gasteiger partial charge in [-0.05, 0) is 24.3 Å². The van der Waals surface area contributed by atoms with E-state index in [1.807, 2.05) is 0 Å². The van der Waals surface area contributed by atoms with Gasteiger partial charge in [0.05, 0.1) is 37.7 Å². The number of methoxy groups -OCH3 is 2. The van der Waals surface area contributed by atoms with Crippen LogP contribution < -0.4 is 20.3 Å². The van der Waals surface area contributed by atoms with Crippen LogP contribution in [0.4, 0.5) is 5.69 Å². The minimum atomic E-state index is -0.436. The third-order valence-electron chi connectivity index (χ3n) is 3.60. The van der Waals surface area contributed by atoms with Gasteiger partial charge in [-0.25, -0.2) is 4.68 Å². The van der Waals surface area contributed by atoms with Crippen LogP contribution in [0, 0.1) is 0 Å². The maximum absolute atomic E-state index is 12.7. The highest BCUT2D eigenvalue weighted by molar-refractivity contribution is 5.91. The number of nitrogens with one attached hydrogen (secondary N) is 1. The van der Waals surface area contributed by atoms with E-state index in [1.165, 1.54) is 26.6 Å². The van der Waals surface area contributed by atoms with Crippen LogP contribution in [-0.4, -0.2) is 34.9 Å². The molecule has 0 spiro atoms. The number of carbonyl (C=O) groups excluding carboxylic acids is 1. The predicted octanol–water partition coefficient (Wildman–Crippen LogP) is 1.45. The highest BCUT2D eigenvalue weighted by atomic mass is 16.5. The molecule has 1 N–H and O–H groups in total. The molecule has 0 unspecified atom stereocenters. The predicted molar refractivity (Wildman–Crippen MR) is 92.0 cm³/mol. The van der Waals surface area contributed by atoms with Crippen LogP contribution in [0.1, 0.15) is 0 Å². The first-order valence-corrected chi connectivity index (χ1v) is 7.44. The lowest BCUT2D eigenvalue weighted by Crippen LogP contribution is -2.29. The monoisotopic (exact) mass is 340 g/mol. The van der Waals surface area contributed by atoms with Gasteiger partial charge in [0.1, 0.15) is 6.54 Å². The van der Waals surface area contributed by atoms with E-state index in [-0.39, 0.29) is 12.5 Å². The number of nitrogens with zero attached hydrogens (tertiary/aromatic N) is 3. The van der Waals surface area contributed by atoms with E-state index in [0.29, 0.717) is 28.0 Å². The van der Waals surface area contributed by atoms with Crippen molar-refractivity contribution in [2.45, 2.75) is 6.54 Å². The van der Waals surface area contributed by atoms with Gasteiger partial charge in [0.15, 0.2) is 11.5 Å². The van der Waals surface area contributed by atoms with Crippen LogP contribution in [0.15, 0.2) is 47.7 Å². The van der Waals surface area contributed by atoms with Crippen molar-refractivity contribution in [2.75, 3.05) is 19.5 Å². The first kappa shape index (κ1) is 16.4. The van der Waals surface area contributed by atoms with Gasteiger partial charge in [0.2, 0.25) is 5.91 Å². The smallest absolute Gasteiger partial charge is 0.279 e. The van der Waals surface area contributed by atoms with Gasteiger partial charge in [-0.2, -0.15) is 5.10 Å². The molecule has 0 aliphatic rings. The van der Waals surface area contributed by atoms with E-state index in [1.54, 1.807) is 30.5 Å². The van der Waals surface area contributed by atoms with Crippen LogP contribution >= 0.6 is 0 Å². The van der Waals surface area contributed by atoms with E-state index in [0.717, 1.165) is 4.68 Å². The van der Waals surface area contributed by atoms with E-state index in [9.17, 15) is 9.59 Å². The number of hydrogen-bond donors (Lipinski definition) is 1. The van der Waals surface area contributed by atoms with Gasteiger partial charge < -0.3 is 14.8 Å². The lowest BCUT2D eigenvalue weighted by atomic mass is 10.1. The second kappa shape index (κ2) is 7.00. The Morgan fingerprint density at radius 2 is 2.04 bits per heavy atom. The van der Waals surface area contributed by atoms with Crippen LogP contribution in [0.25, 0.3) is 10.8 Å². The molecule has 1 amide bonds. The summed E-state index contributed by atoms with van der Waals surface area (Å²) >= 11 is 0. The second-order valence-corrected chi connectivity index (χ2v) is 5.16. The fourth-order valence-corrected chi connectivity index (χ4v) is 2.47. The van der Waals surface area contributed by atoms with Crippen LogP contribution in [0.5, 0.6) is 11.5 Å². The highest BCUT2D eigenvalue weighted by Crippen LogP contribution is 2.32. The van der Waals surface area contributed by atoms with Crippen LogP contribution in [0.2, 0.25) is 0 Å². The molecule has 128 valence electrons. The Bertz CT molecular complexity index is 970. The molecular formula is C17H16N4O4. The molecule has 25 heavy (non-hydrogen) atoms. The van der Waals surface area contributed by atoms with Crippen molar-refractivity contribution >= 4 is 22.4 Å². The van der Waals surface area contributed by atoms with Crippen LogP contribution in [0.3, 0.4) is 0 Å². The number of aromatic nitrogens is 3. The highest BCUT2D eigenvalue weighted by Gasteiger charge is 2.16. The van der Waals surface area contributed by atoms with Crippen molar-refractivity contribution in [2.24, 2.45) is 0 Å². The van der Waals surface area contributed by atoms with Crippen molar-refractivity contribution in [3.8, 4) is 11.5 Å². The number of hydrogen-bond acceptors (Lipinski definition) is 6. The Kier molecular flexibility index (Phi) is 4.60. The van der Waals surface area contributed by atoms with E-state index >= 15 is 0 Å². The van der Waals surface area contributed by atoms with E-state index in [4.69, 9.17) is 9.47 Å². The van der Waals surface area contributed by atoms with Gasteiger partial charge in [-0.15, -0.1) is 0 Å². The topological polar surface area (TPSA) is 95.3 Å². The molecular weight excluding hydrogens is 324 g/mol. The average Bonchev–Trinajstić information content (AvgIpc) is 2.63. The first-order valence-electron chi connectivity index (χ1n) is 7.44. The molecule has 3 rings (SSSR count). The molecule has 3 aromatic rings. The summed E-state index contributed by atoms with van der Waals surface area (Å²) in [4.78, 5) is 28.8. The second-order valence-electron chi connectivity index (χ2n) is 5.16. The first-order chi connectivity index (χ1) is 12.1. The number of pyridine rings is 1. The van der Waals surface area contributed by atoms with Gasteiger partial charge >= 0.3 is 0 Å². The zero-order valence-corrected chi connectivity index (χ0v) is 13.7. The van der Waals surface area contributed by atoms with E-state index in [2.05, 4.69) is 15.4 Å². The summed E-state index contributed by atoms with van der Waals surface area (Å²) in [6.07, 6.45) is 4.63. The number of fused-ring (bicyclic) bond motifs is 1. The zero-order valence-electron chi connectivity index (χ0n) is 13.7. The Balaban J connectivity index is 1.96. The molecule has 0 saturated heterocycles. The summed E-state index contributed by atoms with van der Waals surface area (Å²) in [7, 11) is 2.95. The number of rotatable bonds is 5. The molecule has 0 atom stereocenters. The average molecular weight is 340 g/mol. The molecule has 0 fully saturated rings. The van der Waals surface area contributed by atoms with Crippen molar-refractivity contribution in [1.29, 1.82) is 0 Å². The lowest BCUT2D eigenvalue weighted by molar-refractivity contribution is -0.117. The molecule has 8 nitrogen and oxygen atoms in total. The molecule has 2 aromatic heterocycles. The maximum atomic E-state index is 12.7. The number of carbonyl (C=O) groups is 1. The van der Waals surface area contributed by atoms with Gasteiger partial charge in [0, 0.05) is 11.6 Å². The molecule has 0 saturated carbocycles. The van der Waals surface area contributed by atoms with Gasteiger partial charge in [0.25, 0.3) is 5.56 Å². The number of benzene rings is 1. The third-order valence-corrected chi connectivity index (χ3v) is 3.60. The fraction of sp³-hybridized carbons (Fsp3) is 0.176. The summed E-state index contributed by atoms with van der Waals surface area (Å²) in [5, 5.41) is 7.62. The van der Waals surface area contributed by atoms with Gasteiger partial charge in [-0.1, -0.05) is 0 Å². The van der Waals surface area contributed by atoms with E-state index < -0.39 is 5.56 Å². The molecule has 0 radical (unpaired) electrons. The maximum Gasteiger partial charge on any atom is 0.279 e. The largest absolute Gasteiger partial charge is 0.493 e. The SMILES string of the molecule is COc1ccc2cnn(CC(=O)Nc3cccnc3)c(=O)c2c1OC. The lowest BCUT2D eigenvalue weighted by Gasteiger charge is -2.12. The zero-order chi connectivity index (χ0) is 17.8. The Morgan fingerprint density at radius 3 is 2.72 bits per heavy atom. The molecule has 0 aliphatic heterocycles. The van der Waals surface area contributed by atoms with Crippen molar-refractivity contribution in [3.63, 3.8) is 0 Å². The minimum Gasteiger partial charge on any atom is -0.493 e. The standard InChI is InChI=1S/C17H16N4O4/c1-24-13-6-5-11-8-19-21(17(23)15(11)16(13)25-2)10-14(22)20-12-4-3-7-18-9-12/h3-9H,10H2,1-2H3,(H,20,22). The number of ether oxygens (including phenoxy) is 2. The van der Waals surface area contributed by atoms with Crippen molar-refractivity contribution in [1.82, 2.24) is 14.8 Å². The third kappa shape index (κ3) is 3.27. The quantitative estimate of drug-likeness (QED) is 0.755. The molecule has 1 aromatic carbocycles. The molecule has 8 heteroatoms. The van der Waals surface area contributed by atoms with Crippen LogP contribution in [-0.2, 0) is 11.3 Å². The number of anilines is 1. The summed E-state index contributed by atoms with van der Waals surface area (Å²) in [5.74, 6) is 0.363.